The van der Waals surface area contributed by atoms with Gasteiger partial charge in [0.15, 0.2) is 5.96 Å². The van der Waals surface area contributed by atoms with Gasteiger partial charge in [0.25, 0.3) is 0 Å². The van der Waals surface area contributed by atoms with Crippen LogP contribution in [-0.2, 0) is 16.0 Å². The average molecular weight is 387 g/mol. The molecule has 1 aromatic carbocycles. The van der Waals surface area contributed by atoms with Crippen molar-refractivity contribution in [1.82, 2.24) is 15.2 Å². The highest BCUT2D eigenvalue weighted by Gasteiger charge is 2.14. The molecule has 28 heavy (non-hydrogen) atoms. The topological polar surface area (TPSA) is 59.8 Å². The smallest absolute Gasteiger partial charge is 0.191 e. The number of aliphatic imine (C=N–C) groups is 1. The van der Waals surface area contributed by atoms with E-state index >= 15 is 0 Å². The normalized spacial score (nSPS) is 17.3. The largest absolute Gasteiger partial charge is 0.379 e. The minimum Gasteiger partial charge on any atom is -0.379 e. The Hall–Kier alpha value is -2.05. The second-order valence-corrected chi connectivity index (χ2v) is 7.17. The van der Waals surface area contributed by atoms with Crippen LogP contribution in [0, 0.1) is 0 Å². The lowest BCUT2D eigenvalue weighted by Gasteiger charge is -2.13. The summed E-state index contributed by atoms with van der Waals surface area (Å²) in [5, 5.41) is 8.00. The highest BCUT2D eigenvalue weighted by atomic mass is 16.5. The van der Waals surface area contributed by atoms with E-state index in [0.29, 0.717) is 6.10 Å². The van der Waals surface area contributed by atoms with Crippen LogP contribution in [0.25, 0.3) is 10.9 Å². The van der Waals surface area contributed by atoms with Gasteiger partial charge in [-0.15, -0.1) is 0 Å². The summed E-state index contributed by atoms with van der Waals surface area (Å²) in [6.45, 7) is 7.97. The highest BCUT2D eigenvalue weighted by Crippen LogP contribution is 2.15. The molecule has 0 spiro atoms. The summed E-state index contributed by atoms with van der Waals surface area (Å²) in [6, 6.07) is 10.7. The number of para-hydroxylation sites is 1. The van der Waals surface area contributed by atoms with Crippen molar-refractivity contribution in [3.05, 3.63) is 36.5 Å². The van der Waals surface area contributed by atoms with E-state index in [1.165, 1.54) is 17.3 Å². The van der Waals surface area contributed by atoms with Gasteiger partial charge >= 0.3 is 0 Å². The fraction of sp³-hybridized carbons (Fsp3) is 0.591. The van der Waals surface area contributed by atoms with Crippen LogP contribution >= 0.6 is 0 Å². The highest BCUT2D eigenvalue weighted by molar-refractivity contribution is 5.80. The van der Waals surface area contributed by atoms with Crippen LogP contribution < -0.4 is 10.6 Å². The van der Waals surface area contributed by atoms with E-state index in [9.17, 15) is 0 Å². The summed E-state index contributed by atoms with van der Waals surface area (Å²) in [5.74, 6) is 0.888. The Bertz CT molecular complexity index is 722. The van der Waals surface area contributed by atoms with Gasteiger partial charge in [-0.3, -0.25) is 4.99 Å². The minimum absolute atomic E-state index is 0.309. The van der Waals surface area contributed by atoms with Crippen molar-refractivity contribution < 1.29 is 9.47 Å². The lowest BCUT2D eigenvalue weighted by molar-refractivity contribution is 0.0168. The van der Waals surface area contributed by atoms with Crippen LogP contribution in [0.2, 0.25) is 0 Å². The van der Waals surface area contributed by atoms with Crippen molar-refractivity contribution in [3.8, 4) is 0 Å². The lowest BCUT2D eigenvalue weighted by atomic mass is 10.2. The molecule has 1 aliphatic heterocycles. The van der Waals surface area contributed by atoms with E-state index in [1.54, 1.807) is 0 Å². The van der Waals surface area contributed by atoms with Gasteiger partial charge in [-0.05, 0) is 50.1 Å². The zero-order valence-electron chi connectivity index (χ0n) is 17.0. The summed E-state index contributed by atoms with van der Waals surface area (Å²) in [4.78, 5) is 4.69. The number of hydrogen-bond donors (Lipinski definition) is 2. The Labute approximate surface area is 168 Å². The van der Waals surface area contributed by atoms with E-state index in [2.05, 4.69) is 58.7 Å². The van der Waals surface area contributed by atoms with Crippen molar-refractivity contribution in [3.63, 3.8) is 0 Å². The number of aromatic nitrogens is 1. The summed E-state index contributed by atoms with van der Waals surface area (Å²) < 4.78 is 13.6. The second kappa shape index (κ2) is 11.7. The average Bonchev–Trinajstić information content (AvgIpc) is 3.38. The van der Waals surface area contributed by atoms with Gasteiger partial charge in [-0.25, -0.2) is 0 Å². The third kappa shape index (κ3) is 6.53. The molecule has 1 atom stereocenters. The predicted molar refractivity (Wildman–Crippen MR) is 115 cm³/mol. The Balaban J connectivity index is 1.31. The van der Waals surface area contributed by atoms with E-state index in [0.717, 1.165) is 71.2 Å². The molecule has 1 fully saturated rings. The minimum atomic E-state index is 0.309. The zero-order valence-corrected chi connectivity index (χ0v) is 17.0. The molecule has 2 aromatic rings. The molecule has 3 rings (SSSR count). The SMILES string of the molecule is CCNC(=NCCCn1ccc2ccccc21)NCCCOCC1CCCO1. The fourth-order valence-corrected chi connectivity index (χ4v) is 3.48. The van der Waals surface area contributed by atoms with E-state index in [4.69, 9.17) is 14.5 Å². The maximum absolute atomic E-state index is 5.71. The summed E-state index contributed by atoms with van der Waals surface area (Å²) in [7, 11) is 0. The quantitative estimate of drug-likeness (QED) is 0.354. The first-order valence-electron chi connectivity index (χ1n) is 10.6. The van der Waals surface area contributed by atoms with Crippen molar-refractivity contribution >= 4 is 16.9 Å². The molecule has 0 bridgehead atoms. The molecular formula is C22H34N4O2. The van der Waals surface area contributed by atoms with Crippen LogP contribution in [0.1, 0.15) is 32.6 Å². The molecule has 1 saturated heterocycles. The summed E-state index contributed by atoms with van der Waals surface area (Å²) in [6.07, 6.45) is 6.75. The van der Waals surface area contributed by atoms with E-state index in [-0.39, 0.29) is 0 Å². The number of rotatable bonds is 11. The first-order chi connectivity index (χ1) is 13.9. The first kappa shape index (κ1) is 20.7. The van der Waals surface area contributed by atoms with Crippen LogP contribution in [0.3, 0.4) is 0 Å². The zero-order chi connectivity index (χ0) is 19.4. The molecule has 154 valence electrons. The fourth-order valence-electron chi connectivity index (χ4n) is 3.48. The molecule has 6 heteroatoms. The molecule has 1 aliphatic rings. The Morgan fingerprint density at radius 1 is 1.25 bits per heavy atom. The number of guanidine groups is 1. The monoisotopic (exact) mass is 386 g/mol. The van der Waals surface area contributed by atoms with Gasteiger partial charge in [0, 0.05) is 51.1 Å². The first-order valence-corrected chi connectivity index (χ1v) is 10.6. The van der Waals surface area contributed by atoms with E-state index in [1.807, 2.05) is 0 Å². The van der Waals surface area contributed by atoms with E-state index < -0.39 is 0 Å². The van der Waals surface area contributed by atoms with Crippen molar-refractivity contribution in [1.29, 1.82) is 0 Å². The number of aryl methyl sites for hydroxylation is 1. The summed E-state index contributed by atoms with van der Waals surface area (Å²) >= 11 is 0. The number of hydrogen-bond acceptors (Lipinski definition) is 3. The van der Waals surface area contributed by atoms with Crippen molar-refractivity contribution in [2.24, 2.45) is 4.99 Å². The molecule has 0 aliphatic carbocycles. The number of nitrogens with one attached hydrogen (secondary N) is 2. The van der Waals surface area contributed by atoms with Crippen LogP contribution in [0.5, 0.6) is 0 Å². The van der Waals surface area contributed by atoms with Gasteiger partial charge in [-0.1, -0.05) is 18.2 Å². The number of ether oxygens (including phenoxy) is 2. The Kier molecular flexibility index (Phi) is 8.65. The van der Waals surface area contributed by atoms with Gasteiger partial charge in [0.05, 0.1) is 12.7 Å². The maximum atomic E-state index is 5.71. The standard InChI is InChI=1S/C22H34N4O2/c1-2-23-22(25-13-7-16-27-18-20-9-5-17-28-20)24-12-6-14-26-15-11-19-8-3-4-10-21(19)26/h3-4,8,10-11,15,20H,2,5-7,9,12-14,16-18H2,1H3,(H2,23,24,25). The molecule has 1 aromatic heterocycles. The number of fused-ring (bicyclic) bond motifs is 1. The van der Waals surface area contributed by atoms with Crippen molar-refractivity contribution in [2.75, 3.05) is 39.5 Å². The Morgan fingerprint density at radius 2 is 2.18 bits per heavy atom. The van der Waals surface area contributed by atoms with Gasteiger partial charge in [0.1, 0.15) is 0 Å². The van der Waals surface area contributed by atoms with Crippen LogP contribution in [0.4, 0.5) is 0 Å². The number of nitrogens with zero attached hydrogens (tertiary/aromatic N) is 2. The third-order valence-corrected chi connectivity index (χ3v) is 4.94. The van der Waals surface area contributed by atoms with Gasteiger partial charge in [0.2, 0.25) is 0 Å². The van der Waals surface area contributed by atoms with Crippen LogP contribution in [-0.4, -0.2) is 56.1 Å². The molecule has 0 saturated carbocycles. The molecule has 2 N–H and O–H groups in total. The predicted octanol–water partition coefficient (Wildman–Crippen LogP) is 3.17. The molecule has 2 heterocycles. The second-order valence-electron chi connectivity index (χ2n) is 7.17. The third-order valence-electron chi connectivity index (χ3n) is 4.94. The molecule has 1 unspecified atom stereocenters. The Morgan fingerprint density at radius 3 is 3.04 bits per heavy atom. The number of benzene rings is 1. The summed E-state index contributed by atoms with van der Waals surface area (Å²) in [5.41, 5.74) is 1.29. The lowest BCUT2D eigenvalue weighted by Crippen LogP contribution is -2.38. The maximum Gasteiger partial charge on any atom is 0.191 e. The molecular weight excluding hydrogens is 352 g/mol. The van der Waals surface area contributed by atoms with Gasteiger partial charge < -0.3 is 24.7 Å². The van der Waals surface area contributed by atoms with Gasteiger partial charge in [-0.2, -0.15) is 0 Å². The molecule has 0 radical (unpaired) electrons. The van der Waals surface area contributed by atoms with Crippen LogP contribution in [0.15, 0.2) is 41.5 Å². The van der Waals surface area contributed by atoms with Crippen molar-refractivity contribution in [2.45, 2.75) is 45.3 Å². The molecule has 6 nitrogen and oxygen atoms in total. The molecule has 0 amide bonds.